The fourth-order valence-corrected chi connectivity index (χ4v) is 5.18. The maximum atomic E-state index is 11.0. The minimum absolute atomic E-state index is 0. The first-order valence-corrected chi connectivity index (χ1v) is 22.4. The number of piperidine rings is 1. The second-order valence-corrected chi connectivity index (χ2v) is 18.9. The molecule has 0 aromatic rings. The molecule has 0 bridgehead atoms. The van der Waals surface area contributed by atoms with Crippen molar-refractivity contribution in [1.82, 2.24) is 31.1 Å². The molecule has 0 unspecified atom stereocenters. The van der Waals surface area contributed by atoms with Gasteiger partial charge in [-0.3, -0.25) is 9.69 Å². The van der Waals surface area contributed by atoms with Crippen molar-refractivity contribution in [2.24, 2.45) is 17.1 Å². The Morgan fingerprint density at radius 2 is 1.11 bits per heavy atom. The summed E-state index contributed by atoms with van der Waals surface area (Å²) in [6.45, 7) is 48.2. The molecule has 0 aliphatic carbocycles. The molecule has 0 radical (unpaired) electrons. The van der Waals surface area contributed by atoms with Crippen LogP contribution in [-0.4, -0.2) is 148 Å². The molecule has 3 fully saturated rings. The molecule has 57 heavy (non-hydrogen) atoms. The number of likely N-dealkylation sites (tertiary alicyclic amines) is 1. The molecular formula is C46H105N7O4. The van der Waals surface area contributed by atoms with Gasteiger partial charge in [-0.25, -0.2) is 0 Å². The summed E-state index contributed by atoms with van der Waals surface area (Å²) in [6.07, 6.45) is 6.72. The molecule has 0 aromatic carbocycles. The molecule has 3 aliphatic rings. The van der Waals surface area contributed by atoms with Gasteiger partial charge in [-0.15, -0.1) is 0 Å². The molecular weight excluding hydrogens is 715 g/mol. The van der Waals surface area contributed by atoms with E-state index in [1.807, 2.05) is 27.7 Å². The number of nitrogens with one attached hydrogen (secondary N) is 4. The van der Waals surface area contributed by atoms with Gasteiger partial charge in [0.1, 0.15) is 5.78 Å². The highest BCUT2D eigenvalue weighted by atomic mass is 16.5. The lowest BCUT2D eigenvalue weighted by Crippen LogP contribution is -2.40. The van der Waals surface area contributed by atoms with Gasteiger partial charge in [-0.1, -0.05) is 96.9 Å². The van der Waals surface area contributed by atoms with Crippen LogP contribution < -0.4 is 27.0 Å². The maximum Gasteiger partial charge on any atom is 0.136 e. The van der Waals surface area contributed by atoms with Crippen LogP contribution in [0, 0.1) is 11.3 Å². The number of carbonyl (C=O) groups excluding carboxylic acids is 1. The van der Waals surface area contributed by atoms with Crippen molar-refractivity contribution >= 4 is 5.78 Å². The van der Waals surface area contributed by atoms with Crippen molar-refractivity contribution < 1.29 is 19.4 Å². The van der Waals surface area contributed by atoms with E-state index >= 15 is 0 Å². The van der Waals surface area contributed by atoms with E-state index in [0.29, 0.717) is 42.8 Å². The van der Waals surface area contributed by atoms with E-state index in [2.05, 4.69) is 100 Å². The third kappa shape index (κ3) is 49.5. The first kappa shape index (κ1) is 62.9. The van der Waals surface area contributed by atoms with Crippen LogP contribution in [0.1, 0.15) is 157 Å². The number of morpholine rings is 1. The molecule has 3 heterocycles. The smallest absolute Gasteiger partial charge is 0.136 e. The lowest BCUT2D eigenvalue weighted by Gasteiger charge is -2.29. The monoisotopic (exact) mass is 820 g/mol. The first-order valence-electron chi connectivity index (χ1n) is 22.4. The van der Waals surface area contributed by atoms with Crippen molar-refractivity contribution in [3.8, 4) is 0 Å². The normalized spacial score (nSPS) is 16.9. The number of rotatable bonds is 15. The largest absolute Gasteiger partial charge is 0.389 e. The van der Waals surface area contributed by atoms with Crippen LogP contribution in [0.4, 0.5) is 0 Å². The SMILES string of the molecule is C.CC(=O)C(C)(C)CNC(C)C.CC(C)N.CC(C)N1CCOCC1.CC(C)NCC(C)(C)O.CC(C)NCC1CCOCC1.CC(C)NCCN1CCCCC1. The van der Waals surface area contributed by atoms with E-state index in [-0.39, 0.29) is 18.6 Å². The van der Waals surface area contributed by atoms with E-state index < -0.39 is 5.60 Å². The van der Waals surface area contributed by atoms with Crippen molar-refractivity contribution in [2.75, 3.05) is 85.3 Å². The fraction of sp³-hybridized carbons (Fsp3) is 0.978. The minimum atomic E-state index is -0.579. The molecule has 0 aromatic heterocycles. The zero-order chi connectivity index (χ0) is 43.7. The van der Waals surface area contributed by atoms with Crippen molar-refractivity contribution in [2.45, 2.75) is 199 Å². The van der Waals surface area contributed by atoms with Gasteiger partial charge in [0, 0.05) is 88.1 Å². The van der Waals surface area contributed by atoms with E-state index in [0.717, 1.165) is 58.5 Å². The van der Waals surface area contributed by atoms with Crippen molar-refractivity contribution in [1.29, 1.82) is 0 Å². The highest BCUT2D eigenvalue weighted by molar-refractivity contribution is 5.81. The fourth-order valence-electron chi connectivity index (χ4n) is 5.18. The zero-order valence-corrected chi connectivity index (χ0v) is 40.4. The standard InChI is InChI=1S/C10H22N2.2C9H19NO.C7H15NO.C7H17NO.C3H9N.CH4/c1-10(2)11-6-9-12-7-4-3-5-8-12;1-8(2)10-7-9-3-5-11-6-4-9;1-7(2)10-6-9(4,5)8(3)11;1-7(2)8-3-5-9-6-4-8;1-6(2)8-5-7(3,4)9;1-3(2)4;/h10-11H,3-9H2,1-2H3;8-10H,3-7H2,1-2H3;7,10H,6H2,1-5H3;7H,3-6H2,1-2H3;6,8-9H,5H2,1-4H3;3H,4H2,1-2H3;1H4. The lowest BCUT2D eigenvalue weighted by atomic mass is 9.89. The summed E-state index contributed by atoms with van der Waals surface area (Å²) in [5.74, 6) is 1.09. The number of Topliss-reactive ketones (excluding diaryl/α,β-unsaturated/α-hetero) is 1. The predicted molar refractivity (Wildman–Crippen MR) is 251 cm³/mol. The van der Waals surface area contributed by atoms with Crippen molar-refractivity contribution in [3.05, 3.63) is 0 Å². The van der Waals surface area contributed by atoms with Crippen LogP contribution in [0.25, 0.3) is 0 Å². The second kappa shape index (κ2) is 38.2. The van der Waals surface area contributed by atoms with E-state index in [4.69, 9.17) is 15.2 Å². The summed E-state index contributed by atoms with van der Waals surface area (Å²) in [6, 6.07) is 3.19. The molecule has 7 N–H and O–H groups in total. The third-order valence-electron chi connectivity index (χ3n) is 9.21. The molecule has 11 nitrogen and oxygen atoms in total. The van der Waals surface area contributed by atoms with Gasteiger partial charge in [0.05, 0.1) is 18.8 Å². The second-order valence-electron chi connectivity index (χ2n) is 18.9. The molecule has 3 saturated heterocycles. The number of nitrogens with zero attached hydrogens (tertiary/aromatic N) is 2. The van der Waals surface area contributed by atoms with Crippen LogP contribution in [-0.2, 0) is 14.3 Å². The van der Waals surface area contributed by atoms with Gasteiger partial charge in [0.15, 0.2) is 0 Å². The molecule has 3 rings (SSSR count). The van der Waals surface area contributed by atoms with Crippen LogP contribution in [0.5, 0.6) is 0 Å². The Hall–Kier alpha value is -0.730. The third-order valence-corrected chi connectivity index (χ3v) is 9.21. The van der Waals surface area contributed by atoms with Gasteiger partial charge in [-0.05, 0) is 91.9 Å². The zero-order valence-electron chi connectivity index (χ0n) is 40.4. The Kier molecular flexibility index (Phi) is 42.2. The molecule has 11 heteroatoms. The topological polar surface area (TPSA) is 136 Å². The van der Waals surface area contributed by atoms with Crippen LogP contribution >= 0.6 is 0 Å². The van der Waals surface area contributed by atoms with E-state index in [1.54, 1.807) is 20.8 Å². The summed E-state index contributed by atoms with van der Waals surface area (Å²) in [4.78, 5) is 16.0. The summed E-state index contributed by atoms with van der Waals surface area (Å²) >= 11 is 0. The molecule has 0 amide bonds. The van der Waals surface area contributed by atoms with Crippen LogP contribution in [0.15, 0.2) is 0 Å². The van der Waals surface area contributed by atoms with Gasteiger partial charge >= 0.3 is 0 Å². The maximum absolute atomic E-state index is 11.0. The van der Waals surface area contributed by atoms with Gasteiger partial charge in [0.2, 0.25) is 0 Å². The number of ketones is 1. The Balaban J connectivity index is -0.000000300. The Bertz CT molecular complexity index is 843. The van der Waals surface area contributed by atoms with Gasteiger partial charge in [-0.2, -0.15) is 0 Å². The molecule has 0 saturated carbocycles. The number of aliphatic hydroxyl groups is 1. The minimum Gasteiger partial charge on any atom is -0.389 e. The van der Waals surface area contributed by atoms with Gasteiger partial charge < -0.3 is 46.5 Å². The average molecular weight is 820 g/mol. The van der Waals surface area contributed by atoms with Crippen LogP contribution in [0.2, 0.25) is 0 Å². The van der Waals surface area contributed by atoms with Crippen LogP contribution in [0.3, 0.4) is 0 Å². The molecule has 348 valence electrons. The summed E-state index contributed by atoms with van der Waals surface area (Å²) < 4.78 is 10.5. The van der Waals surface area contributed by atoms with Crippen molar-refractivity contribution in [3.63, 3.8) is 0 Å². The molecule has 0 atom stereocenters. The average Bonchev–Trinajstić information content (AvgIpc) is 3.11. The highest BCUT2D eigenvalue weighted by Gasteiger charge is 2.23. The molecule has 0 spiro atoms. The lowest BCUT2D eigenvalue weighted by molar-refractivity contribution is -0.124. The number of ether oxygens (including phenoxy) is 2. The van der Waals surface area contributed by atoms with E-state index in [9.17, 15) is 9.90 Å². The number of carbonyl (C=O) groups is 1. The Morgan fingerprint density at radius 3 is 1.46 bits per heavy atom. The summed E-state index contributed by atoms with van der Waals surface area (Å²) in [5.41, 5.74) is 4.31. The van der Waals surface area contributed by atoms with E-state index in [1.165, 1.54) is 58.3 Å². The predicted octanol–water partition coefficient (Wildman–Crippen LogP) is 6.95. The summed E-state index contributed by atoms with van der Waals surface area (Å²) in [7, 11) is 0. The first-order chi connectivity index (χ1) is 25.9. The van der Waals surface area contributed by atoms with Gasteiger partial charge in [0.25, 0.3) is 0 Å². The number of hydrogen-bond acceptors (Lipinski definition) is 11. The number of hydrogen-bond donors (Lipinski definition) is 6. The number of nitrogens with two attached hydrogens (primary N) is 1. The molecule has 3 aliphatic heterocycles. The Morgan fingerprint density at radius 1 is 0.684 bits per heavy atom. The summed E-state index contributed by atoms with van der Waals surface area (Å²) in [5, 5.41) is 22.5. The highest BCUT2D eigenvalue weighted by Crippen LogP contribution is 2.15. The quantitative estimate of drug-likeness (QED) is 0.103. The Labute approximate surface area is 356 Å².